The van der Waals surface area contributed by atoms with Crippen molar-refractivity contribution in [3.05, 3.63) is 45.8 Å². The molecule has 17 heavy (non-hydrogen) atoms. The van der Waals surface area contributed by atoms with Gasteiger partial charge in [-0.2, -0.15) is 0 Å². The Hall–Kier alpha value is -1.33. The minimum absolute atomic E-state index is 0.288. The summed E-state index contributed by atoms with van der Waals surface area (Å²) in [6.45, 7) is 0. The number of nitrogen functional groups attached to an aromatic ring is 1. The molecule has 6 heteroatoms. The van der Waals surface area contributed by atoms with Crippen LogP contribution in [-0.4, -0.2) is 4.98 Å². The smallest absolute Gasteiger partial charge is 0.144 e. The Morgan fingerprint density at radius 1 is 1.35 bits per heavy atom. The minimum atomic E-state index is -0.384. The van der Waals surface area contributed by atoms with Gasteiger partial charge in [0.05, 0.1) is 27.1 Å². The number of benzene rings is 1. The van der Waals surface area contributed by atoms with Gasteiger partial charge in [-0.15, -0.1) is 0 Å². The van der Waals surface area contributed by atoms with Crippen molar-refractivity contribution in [2.45, 2.75) is 0 Å². The van der Waals surface area contributed by atoms with Crippen LogP contribution in [0.2, 0.25) is 5.02 Å². The van der Waals surface area contributed by atoms with E-state index in [1.165, 1.54) is 18.3 Å². The van der Waals surface area contributed by atoms with Crippen LogP contribution in [0.4, 0.5) is 21.6 Å². The van der Waals surface area contributed by atoms with Crippen LogP contribution in [0, 0.1) is 5.82 Å². The first-order valence-electron chi connectivity index (χ1n) is 4.69. The Morgan fingerprint density at radius 3 is 2.76 bits per heavy atom. The van der Waals surface area contributed by atoms with E-state index in [1.807, 2.05) is 0 Å². The third kappa shape index (κ3) is 2.87. The molecule has 3 nitrogen and oxygen atoms in total. The first kappa shape index (κ1) is 12.1. The monoisotopic (exact) mass is 315 g/mol. The number of halogens is 3. The highest BCUT2D eigenvalue weighted by atomic mass is 79.9. The third-order valence-corrected chi connectivity index (χ3v) is 2.96. The van der Waals surface area contributed by atoms with Crippen LogP contribution in [0.15, 0.2) is 34.9 Å². The predicted octanol–water partition coefficient (Wildman–Crippen LogP) is 3.96. The molecule has 0 aliphatic rings. The lowest BCUT2D eigenvalue weighted by Crippen LogP contribution is -1.97. The van der Waals surface area contributed by atoms with Crippen LogP contribution in [0.3, 0.4) is 0 Å². The molecule has 0 saturated carbocycles. The number of aromatic nitrogens is 1. The maximum absolute atomic E-state index is 12.9. The van der Waals surface area contributed by atoms with Gasteiger partial charge in [0.2, 0.25) is 0 Å². The van der Waals surface area contributed by atoms with Gasteiger partial charge in [0.15, 0.2) is 0 Å². The third-order valence-electron chi connectivity index (χ3n) is 2.05. The maximum atomic E-state index is 12.9. The van der Waals surface area contributed by atoms with Crippen molar-refractivity contribution < 1.29 is 4.39 Å². The van der Waals surface area contributed by atoms with Gasteiger partial charge in [0, 0.05) is 0 Å². The molecule has 1 aromatic carbocycles. The number of anilines is 3. The topological polar surface area (TPSA) is 50.9 Å². The lowest BCUT2D eigenvalue weighted by molar-refractivity contribution is 0.628. The van der Waals surface area contributed by atoms with Crippen molar-refractivity contribution in [3.8, 4) is 0 Å². The molecule has 2 rings (SSSR count). The summed E-state index contributed by atoms with van der Waals surface area (Å²) in [7, 11) is 0. The Morgan fingerprint density at radius 2 is 2.12 bits per heavy atom. The standard InChI is InChI=1S/C11H8BrClFN3/c12-8-4-7(15)5-16-11(8)17-10-2-1-6(14)3-9(10)13/h1-5H,15H2,(H,16,17). The van der Waals surface area contributed by atoms with E-state index in [9.17, 15) is 4.39 Å². The van der Waals surface area contributed by atoms with E-state index in [4.69, 9.17) is 17.3 Å². The summed E-state index contributed by atoms with van der Waals surface area (Å²) in [5.41, 5.74) is 6.70. The summed E-state index contributed by atoms with van der Waals surface area (Å²) in [6.07, 6.45) is 1.52. The van der Waals surface area contributed by atoms with E-state index >= 15 is 0 Å². The second kappa shape index (κ2) is 4.89. The van der Waals surface area contributed by atoms with Gasteiger partial charge < -0.3 is 11.1 Å². The van der Waals surface area contributed by atoms with Crippen LogP contribution in [0.25, 0.3) is 0 Å². The second-order valence-electron chi connectivity index (χ2n) is 3.35. The predicted molar refractivity (Wildman–Crippen MR) is 71.0 cm³/mol. The van der Waals surface area contributed by atoms with E-state index in [2.05, 4.69) is 26.2 Å². The quantitative estimate of drug-likeness (QED) is 0.881. The fraction of sp³-hybridized carbons (Fsp3) is 0. The Balaban J connectivity index is 2.31. The summed E-state index contributed by atoms with van der Waals surface area (Å²) in [4.78, 5) is 4.10. The summed E-state index contributed by atoms with van der Waals surface area (Å²) < 4.78 is 13.6. The Bertz CT molecular complexity index is 513. The molecule has 2 aromatic rings. The van der Waals surface area contributed by atoms with Crippen LogP contribution in [0.1, 0.15) is 0 Å². The normalized spacial score (nSPS) is 10.3. The number of nitrogens with zero attached hydrogens (tertiary/aromatic N) is 1. The molecular formula is C11H8BrClFN3. The second-order valence-corrected chi connectivity index (χ2v) is 4.61. The SMILES string of the molecule is Nc1cnc(Nc2ccc(F)cc2Cl)c(Br)c1. The van der Waals surface area contributed by atoms with E-state index < -0.39 is 0 Å². The number of nitrogens with two attached hydrogens (primary N) is 1. The molecule has 0 amide bonds. The van der Waals surface area contributed by atoms with Gasteiger partial charge in [0.1, 0.15) is 11.6 Å². The lowest BCUT2D eigenvalue weighted by atomic mass is 10.3. The molecule has 1 heterocycles. The molecule has 0 fully saturated rings. The van der Waals surface area contributed by atoms with Crippen molar-refractivity contribution in [3.63, 3.8) is 0 Å². The average Bonchev–Trinajstić information content (AvgIpc) is 2.25. The number of pyridine rings is 1. The molecule has 0 spiro atoms. The van der Waals surface area contributed by atoms with Gasteiger partial charge >= 0.3 is 0 Å². The molecule has 0 saturated heterocycles. The molecule has 0 unspecified atom stereocenters. The number of hydrogen-bond donors (Lipinski definition) is 2. The summed E-state index contributed by atoms with van der Waals surface area (Å²) in [5, 5.41) is 3.27. The zero-order valence-corrected chi connectivity index (χ0v) is 10.9. The highest BCUT2D eigenvalue weighted by Crippen LogP contribution is 2.29. The summed E-state index contributed by atoms with van der Waals surface area (Å²) in [6, 6.07) is 5.81. The molecule has 1 aromatic heterocycles. The van der Waals surface area contributed by atoms with E-state index in [0.29, 0.717) is 21.7 Å². The van der Waals surface area contributed by atoms with E-state index in [1.54, 1.807) is 12.1 Å². The highest BCUT2D eigenvalue weighted by Gasteiger charge is 2.06. The maximum Gasteiger partial charge on any atom is 0.144 e. The van der Waals surface area contributed by atoms with Crippen molar-refractivity contribution in [1.82, 2.24) is 4.98 Å². The first-order valence-corrected chi connectivity index (χ1v) is 5.86. The molecule has 0 aliphatic carbocycles. The van der Waals surface area contributed by atoms with Crippen molar-refractivity contribution in [2.75, 3.05) is 11.1 Å². The Kier molecular flexibility index (Phi) is 3.49. The largest absolute Gasteiger partial charge is 0.397 e. The summed E-state index contributed by atoms with van der Waals surface area (Å²) >= 11 is 9.21. The van der Waals surface area contributed by atoms with Gasteiger partial charge in [-0.25, -0.2) is 9.37 Å². The lowest BCUT2D eigenvalue weighted by Gasteiger charge is -2.09. The van der Waals surface area contributed by atoms with Crippen LogP contribution >= 0.6 is 27.5 Å². The molecule has 0 atom stereocenters. The van der Waals surface area contributed by atoms with Crippen molar-refractivity contribution in [1.29, 1.82) is 0 Å². The van der Waals surface area contributed by atoms with Gasteiger partial charge in [-0.3, -0.25) is 0 Å². The highest BCUT2D eigenvalue weighted by molar-refractivity contribution is 9.10. The number of rotatable bonds is 2. The van der Waals surface area contributed by atoms with Crippen LogP contribution < -0.4 is 11.1 Å². The zero-order chi connectivity index (χ0) is 12.4. The molecular weight excluding hydrogens is 308 g/mol. The first-order chi connectivity index (χ1) is 8.06. The Labute approximate surface area is 111 Å². The van der Waals surface area contributed by atoms with Crippen LogP contribution in [0.5, 0.6) is 0 Å². The van der Waals surface area contributed by atoms with Crippen molar-refractivity contribution in [2.24, 2.45) is 0 Å². The molecule has 3 N–H and O–H groups in total. The molecule has 0 aliphatic heterocycles. The fourth-order valence-electron chi connectivity index (χ4n) is 1.26. The molecule has 0 bridgehead atoms. The molecule has 0 radical (unpaired) electrons. The minimum Gasteiger partial charge on any atom is -0.397 e. The number of hydrogen-bond acceptors (Lipinski definition) is 3. The number of nitrogens with one attached hydrogen (secondary N) is 1. The van der Waals surface area contributed by atoms with Crippen molar-refractivity contribution >= 4 is 44.7 Å². The van der Waals surface area contributed by atoms with Gasteiger partial charge in [0.25, 0.3) is 0 Å². The van der Waals surface area contributed by atoms with E-state index in [-0.39, 0.29) is 10.8 Å². The summed E-state index contributed by atoms with van der Waals surface area (Å²) in [5.74, 6) is 0.178. The van der Waals surface area contributed by atoms with E-state index in [0.717, 1.165) is 0 Å². The fourth-order valence-corrected chi connectivity index (χ4v) is 1.94. The zero-order valence-electron chi connectivity index (χ0n) is 8.55. The van der Waals surface area contributed by atoms with Gasteiger partial charge in [-0.05, 0) is 40.2 Å². The average molecular weight is 317 g/mol. The van der Waals surface area contributed by atoms with Crippen LogP contribution in [-0.2, 0) is 0 Å². The van der Waals surface area contributed by atoms with Gasteiger partial charge in [-0.1, -0.05) is 11.6 Å². The molecule has 88 valence electrons.